The second-order valence-corrected chi connectivity index (χ2v) is 7.58. The van der Waals surface area contributed by atoms with Gasteiger partial charge in [-0.15, -0.1) is 0 Å². The fourth-order valence-electron chi connectivity index (χ4n) is 4.11. The van der Waals surface area contributed by atoms with E-state index in [2.05, 4.69) is 23.3 Å². The number of benzene rings is 1. The number of fused-ring (bicyclic) bond motifs is 3. The molecule has 0 fully saturated rings. The second kappa shape index (κ2) is 9.43. The van der Waals surface area contributed by atoms with Crippen molar-refractivity contribution in [3.8, 4) is 22.6 Å². The molecule has 0 spiro atoms. The molecule has 0 heterocycles. The van der Waals surface area contributed by atoms with E-state index >= 15 is 0 Å². The van der Waals surface area contributed by atoms with Crippen LogP contribution >= 0.6 is 12.6 Å². The van der Waals surface area contributed by atoms with Crippen LogP contribution in [0.25, 0.3) is 11.1 Å². The van der Waals surface area contributed by atoms with Crippen molar-refractivity contribution in [2.45, 2.75) is 38.5 Å². The van der Waals surface area contributed by atoms with Gasteiger partial charge in [0.1, 0.15) is 0 Å². The number of hydrogen-bond donors (Lipinski definition) is 3. The number of carbonyl (C=O) groups excluding carboxylic acids is 1. The van der Waals surface area contributed by atoms with Gasteiger partial charge in [-0.1, -0.05) is 12.1 Å². The number of hydrogen-bond acceptors (Lipinski definition) is 5. The highest BCUT2D eigenvalue weighted by Gasteiger charge is 2.27. The summed E-state index contributed by atoms with van der Waals surface area (Å²) in [5, 5.41) is 5.81. The number of nitrogens with one attached hydrogen (secondary N) is 2. The molecule has 30 heavy (non-hydrogen) atoms. The summed E-state index contributed by atoms with van der Waals surface area (Å²) in [5.74, 6) is 1.69. The van der Waals surface area contributed by atoms with Gasteiger partial charge in [-0.05, 0) is 61.1 Å². The fraction of sp³-hybridized carbons (Fsp3) is 0.391. The monoisotopic (exact) mass is 428 g/mol. The van der Waals surface area contributed by atoms with E-state index in [1.807, 2.05) is 32.0 Å². The Labute approximate surface area is 182 Å². The second-order valence-electron chi connectivity index (χ2n) is 7.26. The highest BCUT2D eigenvalue weighted by molar-refractivity contribution is 7.79. The number of methoxy groups -OCH3 is 2. The van der Waals surface area contributed by atoms with Crippen molar-refractivity contribution >= 4 is 18.7 Å². The van der Waals surface area contributed by atoms with Crippen LogP contribution in [-0.4, -0.2) is 26.8 Å². The Bertz CT molecular complexity index is 1020. The number of ether oxygens (including phenoxy) is 2. The Kier molecular flexibility index (Phi) is 6.92. The molecule has 2 aromatic rings. The highest BCUT2D eigenvalue weighted by Crippen LogP contribution is 2.45. The van der Waals surface area contributed by atoms with Crippen molar-refractivity contribution < 1.29 is 14.3 Å². The minimum atomic E-state index is -0.303. The number of thiol groups is 1. The average Bonchev–Trinajstić information content (AvgIpc) is 2.97. The first-order valence-corrected chi connectivity index (χ1v) is 10.7. The first-order chi connectivity index (χ1) is 14.4. The Morgan fingerprint density at radius 2 is 2.00 bits per heavy atom. The lowest BCUT2D eigenvalue weighted by molar-refractivity contribution is 0.237. The normalized spacial score (nSPS) is 14.8. The first-order valence-electron chi connectivity index (χ1n) is 10.0. The molecule has 0 bridgehead atoms. The molecule has 1 atom stereocenters. The Hall–Kier alpha value is -2.67. The van der Waals surface area contributed by atoms with Crippen molar-refractivity contribution in [3.05, 3.63) is 56.7 Å². The van der Waals surface area contributed by atoms with Gasteiger partial charge < -0.3 is 20.1 Å². The molecule has 6 nitrogen and oxygen atoms in total. The van der Waals surface area contributed by atoms with Gasteiger partial charge >= 0.3 is 6.03 Å². The van der Waals surface area contributed by atoms with Crippen LogP contribution in [0, 0.1) is 6.92 Å². The SMILES string of the molecule is CCNC(=O)N[C@H]1CCc2cc(OC)c(OC)c(C)c2-c2ccc(CS)c(=O)cc21. The molecule has 0 aromatic heterocycles. The highest BCUT2D eigenvalue weighted by atomic mass is 32.1. The summed E-state index contributed by atoms with van der Waals surface area (Å²) in [6.45, 7) is 4.39. The molecule has 0 unspecified atom stereocenters. The van der Waals surface area contributed by atoms with E-state index in [9.17, 15) is 9.59 Å². The molecular weight excluding hydrogens is 400 g/mol. The van der Waals surface area contributed by atoms with E-state index in [0.717, 1.165) is 34.2 Å². The maximum atomic E-state index is 12.8. The third-order valence-corrected chi connectivity index (χ3v) is 5.86. The number of amides is 2. The van der Waals surface area contributed by atoms with Crippen LogP contribution in [0.5, 0.6) is 11.5 Å². The molecule has 2 aromatic carbocycles. The molecule has 0 radical (unpaired) electrons. The zero-order valence-electron chi connectivity index (χ0n) is 17.8. The standard InChI is InChI=1S/C23H28N2O4S/c1-5-24-23(27)25-18-9-7-14-10-20(28-3)22(29-4)13(2)21(14)16-8-6-15(12-30)19(26)11-17(16)18/h6,8,10-11,18,30H,5,7,9,12H2,1-4H3,(H2,24,25,27)/t18-/m0/s1. The van der Waals surface area contributed by atoms with Crippen molar-refractivity contribution in [1.82, 2.24) is 10.6 Å². The molecule has 7 heteroatoms. The first kappa shape index (κ1) is 22.0. The zero-order valence-corrected chi connectivity index (χ0v) is 18.7. The van der Waals surface area contributed by atoms with Crippen molar-refractivity contribution in [2.24, 2.45) is 0 Å². The Morgan fingerprint density at radius 1 is 1.23 bits per heavy atom. The number of carbonyl (C=O) groups is 1. The van der Waals surface area contributed by atoms with E-state index in [1.165, 1.54) is 0 Å². The number of urea groups is 1. The van der Waals surface area contributed by atoms with E-state index in [4.69, 9.17) is 9.47 Å². The quantitative estimate of drug-likeness (QED) is 0.634. The smallest absolute Gasteiger partial charge is 0.315 e. The maximum absolute atomic E-state index is 12.8. The molecule has 0 saturated carbocycles. The number of aryl methyl sites for hydroxylation is 1. The molecule has 3 rings (SSSR count). The van der Waals surface area contributed by atoms with Crippen LogP contribution in [0.1, 0.15) is 41.6 Å². The molecule has 1 aliphatic carbocycles. The van der Waals surface area contributed by atoms with Crippen LogP contribution in [0.2, 0.25) is 0 Å². The van der Waals surface area contributed by atoms with Gasteiger partial charge in [0.25, 0.3) is 0 Å². The molecule has 2 amide bonds. The lowest BCUT2D eigenvalue weighted by Crippen LogP contribution is -2.38. The minimum absolute atomic E-state index is 0.0875. The molecule has 160 valence electrons. The van der Waals surface area contributed by atoms with Crippen molar-refractivity contribution in [3.63, 3.8) is 0 Å². The van der Waals surface area contributed by atoms with Gasteiger partial charge in [0.2, 0.25) is 0 Å². The van der Waals surface area contributed by atoms with E-state index in [0.29, 0.717) is 35.8 Å². The molecule has 2 N–H and O–H groups in total. The van der Waals surface area contributed by atoms with Crippen LogP contribution in [-0.2, 0) is 12.2 Å². The van der Waals surface area contributed by atoms with Gasteiger partial charge in [-0.2, -0.15) is 12.6 Å². The van der Waals surface area contributed by atoms with Gasteiger partial charge in [0.15, 0.2) is 16.9 Å². The topological polar surface area (TPSA) is 76.7 Å². The summed E-state index contributed by atoms with van der Waals surface area (Å²) >= 11 is 4.30. The third-order valence-electron chi connectivity index (χ3n) is 5.52. The predicted octanol–water partition coefficient (Wildman–Crippen LogP) is 3.78. The predicted molar refractivity (Wildman–Crippen MR) is 122 cm³/mol. The summed E-state index contributed by atoms with van der Waals surface area (Å²) in [7, 11) is 3.24. The van der Waals surface area contributed by atoms with Crippen LogP contribution in [0.15, 0.2) is 29.1 Å². The largest absolute Gasteiger partial charge is 0.493 e. The Balaban J connectivity index is 2.30. The summed E-state index contributed by atoms with van der Waals surface area (Å²) in [6.07, 6.45) is 1.38. The van der Waals surface area contributed by atoms with Gasteiger partial charge in [-0.25, -0.2) is 4.79 Å². The van der Waals surface area contributed by atoms with Gasteiger partial charge in [-0.3, -0.25) is 4.79 Å². The lowest BCUT2D eigenvalue weighted by Gasteiger charge is -2.19. The summed E-state index contributed by atoms with van der Waals surface area (Å²) in [5.41, 5.74) is 5.29. The summed E-state index contributed by atoms with van der Waals surface area (Å²) in [6, 6.07) is 6.86. The van der Waals surface area contributed by atoms with Crippen molar-refractivity contribution in [2.75, 3.05) is 20.8 Å². The third kappa shape index (κ3) is 4.12. The van der Waals surface area contributed by atoms with E-state index in [-0.39, 0.29) is 17.5 Å². The van der Waals surface area contributed by atoms with Crippen LogP contribution in [0.3, 0.4) is 0 Å². The number of rotatable bonds is 5. The molecule has 0 aliphatic heterocycles. The van der Waals surface area contributed by atoms with Gasteiger partial charge in [0, 0.05) is 23.4 Å². The Morgan fingerprint density at radius 3 is 2.63 bits per heavy atom. The average molecular weight is 429 g/mol. The van der Waals surface area contributed by atoms with Crippen molar-refractivity contribution in [1.29, 1.82) is 0 Å². The van der Waals surface area contributed by atoms with E-state index < -0.39 is 0 Å². The van der Waals surface area contributed by atoms with E-state index in [1.54, 1.807) is 20.3 Å². The summed E-state index contributed by atoms with van der Waals surface area (Å²) < 4.78 is 11.2. The molecular formula is C23H28N2O4S. The minimum Gasteiger partial charge on any atom is -0.493 e. The maximum Gasteiger partial charge on any atom is 0.315 e. The summed E-state index contributed by atoms with van der Waals surface area (Å²) in [4.78, 5) is 25.1. The fourth-order valence-corrected chi connectivity index (χ4v) is 4.37. The lowest BCUT2D eigenvalue weighted by atomic mass is 9.92. The molecule has 0 saturated heterocycles. The molecule has 1 aliphatic rings. The van der Waals surface area contributed by atoms with Crippen LogP contribution in [0.4, 0.5) is 4.79 Å². The zero-order chi connectivity index (χ0) is 21.8. The van der Waals surface area contributed by atoms with Gasteiger partial charge in [0.05, 0.1) is 20.3 Å². The van der Waals surface area contributed by atoms with Crippen LogP contribution < -0.4 is 25.5 Å².